The highest BCUT2D eigenvalue weighted by atomic mass is 79.9. The molecule has 0 aliphatic carbocycles. The van der Waals surface area contributed by atoms with Gasteiger partial charge in [-0.2, -0.15) is 0 Å². The summed E-state index contributed by atoms with van der Waals surface area (Å²) in [5, 5.41) is 3.92. The first kappa shape index (κ1) is 14.8. The molecular formula is C14H13Br2ClN2. The van der Waals surface area contributed by atoms with Gasteiger partial charge in [-0.25, -0.2) is 4.98 Å². The standard InChI is InChI=1S/C14H13Br2ClN2/c1-2-12(9-4-3-5-10(15)6-9)19-13-7-11(16)8-18-14(13)17/h3-8,12,19H,2H2,1H3. The molecule has 2 nitrogen and oxygen atoms in total. The van der Waals surface area contributed by atoms with Crippen LogP contribution in [0.25, 0.3) is 0 Å². The number of nitrogens with one attached hydrogen (secondary N) is 1. The maximum atomic E-state index is 6.11. The van der Waals surface area contributed by atoms with Crippen LogP contribution >= 0.6 is 43.5 Å². The van der Waals surface area contributed by atoms with Crippen molar-refractivity contribution in [2.24, 2.45) is 0 Å². The monoisotopic (exact) mass is 402 g/mol. The Morgan fingerprint density at radius 2 is 2.05 bits per heavy atom. The van der Waals surface area contributed by atoms with Crippen molar-refractivity contribution in [3.8, 4) is 0 Å². The molecule has 0 aliphatic heterocycles. The van der Waals surface area contributed by atoms with E-state index in [1.807, 2.05) is 18.2 Å². The molecule has 5 heteroatoms. The molecule has 0 amide bonds. The van der Waals surface area contributed by atoms with Gasteiger partial charge in [-0.15, -0.1) is 0 Å². The number of pyridine rings is 1. The Hall–Kier alpha value is -0.580. The van der Waals surface area contributed by atoms with Gasteiger partial charge in [-0.3, -0.25) is 0 Å². The summed E-state index contributed by atoms with van der Waals surface area (Å²) in [6.45, 7) is 2.14. The Morgan fingerprint density at radius 1 is 1.26 bits per heavy atom. The van der Waals surface area contributed by atoms with Crippen molar-refractivity contribution < 1.29 is 0 Å². The summed E-state index contributed by atoms with van der Waals surface area (Å²) in [6.07, 6.45) is 2.65. The second-order valence-corrected chi connectivity index (χ2v) is 6.34. The van der Waals surface area contributed by atoms with E-state index in [4.69, 9.17) is 11.6 Å². The molecule has 0 saturated carbocycles. The fourth-order valence-corrected chi connectivity index (χ4v) is 2.76. The van der Waals surface area contributed by atoms with Crippen molar-refractivity contribution >= 4 is 49.1 Å². The first-order valence-corrected chi connectivity index (χ1v) is 7.89. The van der Waals surface area contributed by atoms with Gasteiger partial charge in [-0.05, 0) is 46.1 Å². The number of hydrogen-bond acceptors (Lipinski definition) is 2. The highest BCUT2D eigenvalue weighted by molar-refractivity contribution is 9.10. The SMILES string of the molecule is CCC(Nc1cc(Br)cnc1Cl)c1cccc(Br)c1. The Labute approximate surface area is 134 Å². The Bertz CT molecular complexity index is 575. The molecule has 1 heterocycles. The molecule has 0 fully saturated rings. The summed E-state index contributed by atoms with van der Waals surface area (Å²) < 4.78 is 1.98. The first-order valence-electron chi connectivity index (χ1n) is 5.93. The maximum Gasteiger partial charge on any atom is 0.152 e. The fourth-order valence-electron chi connectivity index (χ4n) is 1.86. The smallest absolute Gasteiger partial charge is 0.152 e. The molecule has 0 spiro atoms. The van der Waals surface area contributed by atoms with Crippen LogP contribution in [0.5, 0.6) is 0 Å². The van der Waals surface area contributed by atoms with Gasteiger partial charge in [0.2, 0.25) is 0 Å². The number of nitrogens with zero attached hydrogens (tertiary/aromatic N) is 1. The number of aromatic nitrogens is 1. The first-order chi connectivity index (χ1) is 9.10. The van der Waals surface area contributed by atoms with Crippen LogP contribution < -0.4 is 5.32 Å². The van der Waals surface area contributed by atoms with Crippen LogP contribution in [0.2, 0.25) is 5.15 Å². The third-order valence-corrected chi connectivity index (χ3v) is 4.02. The number of benzene rings is 1. The minimum absolute atomic E-state index is 0.200. The van der Waals surface area contributed by atoms with Crippen LogP contribution in [-0.4, -0.2) is 4.98 Å². The molecule has 1 unspecified atom stereocenters. The highest BCUT2D eigenvalue weighted by Crippen LogP contribution is 2.29. The lowest BCUT2D eigenvalue weighted by Gasteiger charge is -2.19. The minimum Gasteiger partial charge on any atom is -0.376 e. The van der Waals surface area contributed by atoms with Crippen LogP contribution in [0.15, 0.2) is 45.5 Å². The molecule has 2 aromatic rings. The van der Waals surface area contributed by atoms with E-state index in [1.54, 1.807) is 6.20 Å². The molecule has 0 aliphatic rings. The van der Waals surface area contributed by atoms with Gasteiger partial charge < -0.3 is 5.32 Å². The molecule has 1 N–H and O–H groups in total. The van der Waals surface area contributed by atoms with Gasteiger partial charge in [0.1, 0.15) is 0 Å². The Morgan fingerprint density at radius 3 is 2.74 bits per heavy atom. The van der Waals surface area contributed by atoms with E-state index in [2.05, 4.69) is 61.2 Å². The molecule has 0 radical (unpaired) electrons. The highest BCUT2D eigenvalue weighted by Gasteiger charge is 2.12. The lowest BCUT2D eigenvalue weighted by atomic mass is 10.0. The zero-order valence-corrected chi connectivity index (χ0v) is 14.3. The summed E-state index contributed by atoms with van der Waals surface area (Å²) in [5.41, 5.74) is 2.05. The van der Waals surface area contributed by atoms with E-state index in [0.717, 1.165) is 21.1 Å². The van der Waals surface area contributed by atoms with Crippen LogP contribution in [-0.2, 0) is 0 Å². The molecule has 19 heavy (non-hydrogen) atoms. The van der Waals surface area contributed by atoms with Crippen molar-refractivity contribution in [2.45, 2.75) is 19.4 Å². The molecule has 1 aromatic carbocycles. The number of rotatable bonds is 4. The third-order valence-electron chi connectivity index (χ3n) is 2.79. The Balaban J connectivity index is 2.26. The molecule has 1 aromatic heterocycles. The van der Waals surface area contributed by atoms with E-state index in [1.165, 1.54) is 5.56 Å². The molecule has 1 atom stereocenters. The average molecular weight is 405 g/mol. The van der Waals surface area contributed by atoms with Gasteiger partial charge in [0, 0.05) is 15.1 Å². The van der Waals surface area contributed by atoms with Crippen LogP contribution in [0.3, 0.4) is 0 Å². The molecule has 100 valence electrons. The van der Waals surface area contributed by atoms with Crippen molar-refractivity contribution in [3.05, 3.63) is 56.2 Å². The number of hydrogen-bond donors (Lipinski definition) is 1. The maximum absolute atomic E-state index is 6.11. The van der Waals surface area contributed by atoms with E-state index >= 15 is 0 Å². The predicted molar refractivity (Wildman–Crippen MR) is 87.7 cm³/mol. The lowest BCUT2D eigenvalue weighted by Crippen LogP contribution is -2.10. The largest absolute Gasteiger partial charge is 0.376 e. The Kier molecular flexibility index (Phi) is 5.25. The normalized spacial score (nSPS) is 12.2. The second kappa shape index (κ2) is 6.73. The zero-order chi connectivity index (χ0) is 13.8. The zero-order valence-electron chi connectivity index (χ0n) is 10.3. The predicted octanol–water partition coefficient (Wildman–Crippen LogP) is 5.82. The quantitative estimate of drug-likeness (QED) is 0.649. The van der Waals surface area contributed by atoms with Crippen molar-refractivity contribution in [1.29, 1.82) is 0 Å². The summed E-state index contributed by atoms with van der Waals surface area (Å²) in [5.74, 6) is 0. The van der Waals surface area contributed by atoms with Gasteiger partial charge in [0.15, 0.2) is 5.15 Å². The average Bonchev–Trinajstić information content (AvgIpc) is 2.39. The topological polar surface area (TPSA) is 24.9 Å². The van der Waals surface area contributed by atoms with Crippen molar-refractivity contribution in [2.75, 3.05) is 5.32 Å². The van der Waals surface area contributed by atoms with E-state index in [0.29, 0.717) is 5.15 Å². The number of anilines is 1. The summed E-state index contributed by atoms with van der Waals surface area (Å²) in [4.78, 5) is 4.12. The van der Waals surface area contributed by atoms with Crippen LogP contribution in [0.4, 0.5) is 5.69 Å². The molecule has 2 rings (SSSR count). The second-order valence-electron chi connectivity index (χ2n) is 4.15. The van der Waals surface area contributed by atoms with E-state index < -0.39 is 0 Å². The number of halogens is 3. The van der Waals surface area contributed by atoms with Crippen molar-refractivity contribution in [3.63, 3.8) is 0 Å². The van der Waals surface area contributed by atoms with E-state index in [-0.39, 0.29) is 6.04 Å². The fraction of sp³-hybridized carbons (Fsp3) is 0.214. The summed E-state index contributed by atoms with van der Waals surface area (Å²) >= 11 is 13.0. The van der Waals surface area contributed by atoms with Crippen LogP contribution in [0.1, 0.15) is 24.9 Å². The van der Waals surface area contributed by atoms with Crippen molar-refractivity contribution in [1.82, 2.24) is 4.98 Å². The molecule has 0 bridgehead atoms. The van der Waals surface area contributed by atoms with E-state index in [9.17, 15) is 0 Å². The van der Waals surface area contributed by atoms with Gasteiger partial charge in [0.05, 0.1) is 11.7 Å². The van der Waals surface area contributed by atoms with Crippen LogP contribution in [0, 0.1) is 0 Å². The summed E-state index contributed by atoms with van der Waals surface area (Å²) in [6, 6.07) is 10.4. The van der Waals surface area contributed by atoms with Gasteiger partial charge in [0.25, 0.3) is 0 Å². The third kappa shape index (κ3) is 3.94. The molecule has 0 saturated heterocycles. The van der Waals surface area contributed by atoms with Gasteiger partial charge in [-0.1, -0.05) is 46.6 Å². The summed E-state index contributed by atoms with van der Waals surface area (Å²) in [7, 11) is 0. The minimum atomic E-state index is 0.200. The lowest BCUT2D eigenvalue weighted by molar-refractivity contribution is 0.748. The molecular weight excluding hydrogens is 391 g/mol. The van der Waals surface area contributed by atoms with Gasteiger partial charge >= 0.3 is 0 Å².